The Morgan fingerprint density at radius 2 is 1.61 bits per heavy atom. The molecule has 1 aromatic rings. The zero-order valence-electron chi connectivity index (χ0n) is 11.9. The molecule has 1 heterocycles. The zero-order valence-corrected chi connectivity index (χ0v) is 12.8. The van der Waals surface area contributed by atoms with Crippen molar-refractivity contribution in [1.29, 1.82) is 0 Å². The van der Waals surface area contributed by atoms with E-state index in [1.807, 2.05) is 54.4 Å². The van der Waals surface area contributed by atoms with Crippen molar-refractivity contribution in [3.05, 3.63) is 24.5 Å². The van der Waals surface area contributed by atoms with Gasteiger partial charge in [-0.15, -0.1) is 0 Å². The molecule has 0 amide bonds. The Hall–Kier alpha value is -0.940. The molecular formula is C11H22N5OP. The lowest BCUT2D eigenvalue weighted by atomic mass is 10.5. The standard InChI is InChI=1S/C11H22N5OP/c1-14(2)18(15(3)4,16(5)6)13-17-11-8-7-9-12-10-11/h7-10H,1-6H3. The molecule has 6 nitrogen and oxygen atoms in total. The Kier molecular flexibility index (Phi) is 5.28. The van der Waals surface area contributed by atoms with Crippen molar-refractivity contribution in [2.45, 2.75) is 0 Å². The fourth-order valence-corrected chi connectivity index (χ4v) is 4.58. The van der Waals surface area contributed by atoms with Crippen molar-refractivity contribution >= 4 is 7.51 Å². The summed E-state index contributed by atoms with van der Waals surface area (Å²) in [6.07, 6.45) is 3.36. The summed E-state index contributed by atoms with van der Waals surface area (Å²) in [7, 11) is 10.0. The maximum Gasteiger partial charge on any atom is 0.210 e. The van der Waals surface area contributed by atoms with Crippen LogP contribution in [0.1, 0.15) is 0 Å². The smallest absolute Gasteiger partial charge is 0.210 e. The molecule has 0 aliphatic heterocycles. The van der Waals surface area contributed by atoms with Gasteiger partial charge in [-0.3, -0.25) is 4.98 Å². The maximum absolute atomic E-state index is 5.54. The number of aromatic nitrogens is 1. The molecule has 1 aromatic heterocycles. The zero-order chi connectivity index (χ0) is 13.8. The average Bonchev–Trinajstić information content (AvgIpc) is 2.29. The van der Waals surface area contributed by atoms with Crippen molar-refractivity contribution < 1.29 is 4.84 Å². The van der Waals surface area contributed by atoms with Crippen molar-refractivity contribution in [2.24, 2.45) is 4.91 Å². The van der Waals surface area contributed by atoms with Gasteiger partial charge in [-0.05, 0) is 54.4 Å². The van der Waals surface area contributed by atoms with Crippen LogP contribution in [0.25, 0.3) is 0 Å². The van der Waals surface area contributed by atoms with Gasteiger partial charge in [0.25, 0.3) is 0 Å². The topological polar surface area (TPSA) is 44.2 Å². The molecule has 0 atom stereocenters. The SMILES string of the molecule is CN(C)P(=NOc1cccnc1)(N(C)C)N(C)C. The third-order valence-corrected chi connectivity index (χ3v) is 6.02. The van der Waals surface area contributed by atoms with Crippen LogP contribution in [0.4, 0.5) is 0 Å². The second-order valence-electron chi connectivity index (χ2n) is 4.44. The highest BCUT2D eigenvalue weighted by Crippen LogP contribution is 2.54. The third kappa shape index (κ3) is 3.09. The second-order valence-corrected chi connectivity index (χ2v) is 8.08. The van der Waals surface area contributed by atoms with Gasteiger partial charge in [0.15, 0.2) is 5.75 Å². The van der Waals surface area contributed by atoms with E-state index in [2.05, 4.69) is 23.9 Å². The van der Waals surface area contributed by atoms with Gasteiger partial charge in [0.1, 0.15) is 0 Å². The lowest BCUT2D eigenvalue weighted by molar-refractivity contribution is 0.323. The number of rotatable bonds is 5. The first-order valence-corrected chi connectivity index (χ1v) is 7.23. The van der Waals surface area contributed by atoms with Crippen LogP contribution < -0.4 is 4.84 Å². The molecule has 1 rings (SSSR count). The molecule has 0 spiro atoms. The lowest BCUT2D eigenvalue weighted by Crippen LogP contribution is -2.31. The molecule has 7 heteroatoms. The fourth-order valence-electron chi connectivity index (χ4n) is 1.80. The Balaban J connectivity index is 3.11. The van der Waals surface area contributed by atoms with Gasteiger partial charge in [0.05, 0.1) is 6.20 Å². The molecule has 102 valence electrons. The third-order valence-electron chi connectivity index (χ3n) is 2.50. The van der Waals surface area contributed by atoms with Gasteiger partial charge in [0.2, 0.25) is 7.51 Å². The highest BCUT2D eigenvalue weighted by Gasteiger charge is 2.29. The van der Waals surface area contributed by atoms with Gasteiger partial charge in [0, 0.05) is 6.20 Å². The van der Waals surface area contributed by atoms with E-state index in [-0.39, 0.29) is 0 Å². The first kappa shape index (κ1) is 15.1. The predicted octanol–water partition coefficient (Wildman–Crippen LogP) is 2.01. The summed E-state index contributed by atoms with van der Waals surface area (Å²) < 4.78 is 6.26. The molecule has 0 aliphatic carbocycles. The van der Waals surface area contributed by atoms with Crippen molar-refractivity contribution in [1.82, 2.24) is 19.0 Å². The number of hydrogen-bond acceptors (Lipinski definition) is 3. The summed E-state index contributed by atoms with van der Waals surface area (Å²) in [6, 6.07) is 3.66. The maximum atomic E-state index is 5.54. The van der Waals surface area contributed by atoms with Crippen molar-refractivity contribution in [3.8, 4) is 5.75 Å². The molecule has 18 heavy (non-hydrogen) atoms. The van der Waals surface area contributed by atoms with Crippen LogP contribution in [0, 0.1) is 0 Å². The van der Waals surface area contributed by atoms with Gasteiger partial charge < -0.3 is 4.84 Å². The molecule has 0 saturated carbocycles. The van der Waals surface area contributed by atoms with Gasteiger partial charge in [-0.2, -0.15) is 0 Å². The summed E-state index contributed by atoms with van der Waals surface area (Å²) in [5.74, 6) is 0.646. The fraction of sp³-hybridized carbons (Fsp3) is 0.545. The molecule has 0 saturated heterocycles. The van der Waals surface area contributed by atoms with E-state index in [0.29, 0.717) is 5.75 Å². The van der Waals surface area contributed by atoms with Crippen LogP contribution >= 0.6 is 7.51 Å². The van der Waals surface area contributed by atoms with Gasteiger partial charge in [-0.25, -0.2) is 14.0 Å². The Labute approximate surface area is 109 Å². The van der Waals surface area contributed by atoms with E-state index in [4.69, 9.17) is 4.84 Å². The van der Waals surface area contributed by atoms with E-state index >= 15 is 0 Å². The molecule has 0 N–H and O–H groups in total. The minimum atomic E-state index is -2.00. The van der Waals surface area contributed by atoms with E-state index in [1.54, 1.807) is 12.4 Å². The van der Waals surface area contributed by atoms with Crippen LogP contribution in [0.3, 0.4) is 0 Å². The number of hydrogen-bond donors (Lipinski definition) is 0. The van der Waals surface area contributed by atoms with Crippen molar-refractivity contribution in [3.63, 3.8) is 0 Å². The highest BCUT2D eigenvalue weighted by atomic mass is 31.2. The highest BCUT2D eigenvalue weighted by molar-refractivity contribution is 7.58. The average molecular weight is 271 g/mol. The largest absolute Gasteiger partial charge is 0.353 e. The number of pyridine rings is 1. The normalized spacial score (nSPS) is 12.3. The molecule has 0 fully saturated rings. The minimum absolute atomic E-state index is 0.646. The minimum Gasteiger partial charge on any atom is -0.353 e. The van der Waals surface area contributed by atoms with Crippen LogP contribution in [-0.4, -0.2) is 61.3 Å². The van der Waals surface area contributed by atoms with E-state index in [1.165, 1.54) is 0 Å². The number of nitrogens with zero attached hydrogens (tertiary/aromatic N) is 5. The first-order chi connectivity index (χ1) is 8.41. The van der Waals surface area contributed by atoms with E-state index in [9.17, 15) is 0 Å². The van der Waals surface area contributed by atoms with E-state index < -0.39 is 7.51 Å². The summed E-state index contributed by atoms with van der Waals surface area (Å²) in [5.41, 5.74) is 0. The molecule has 0 aliphatic rings. The summed E-state index contributed by atoms with van der Waals surface area (Å²) >= 11 is 0. The van der Waals surface area contributed by atoms with Crippen LogP contribution in [0.2, 0.25) is 0 Å². The summed E-state index contributed by atoms with van der Waals surface area (Å²) in [5, 5.41) is 0. The molecule has 0 bridgehead atoms. The molecule has 0 radical (unpaired) electrons. The van der Waals surface area contributed by atoms with Gasteiger partial charge >= 0.3 is 0 Å². The van der Waals surface area contributed by atoms with Crippen LogP contribution in [-0.2, 0) is 0 Å². The van der Waals surface area contributed by atoms with Crippen LogP contribution in [0.15, 0.2) is 29.4 Å². The van der Waals surface area contributed by atoms with Gasteiger partial charge in [-0.1, -0.05) is 4.91 Å². The molecular weight excluding hydrogens is 249 g/mol. The Morgan fingerprint density at radius 1 is 1.06 bits per heavy atom. The van der Waals surface area contributed by atoms with E-state index in [0.717, 1.165) is 0 Å². The quantitative estimate of drug-likeness (QED) is 0.605. The predicted molar refractivity (Wildman–Crippen MR) is 75.3 cm³/mol. The second kappa shape index (κ2) is 6.29. The summed E-state index contributed by atoms with van der Waals surface area (Å²) in [4.78, 5) is 14.0. The lowest BCUT2D eigenvalue weighted by Gasteiger charge is -2.39. The monoisotopic (exact) mass is 271 g/mol. The van der Waals surface area contributed by atoms with Crippen molar-refractivity contribution in [2.75, 3.05) is 42.3 Å². The van der Waals surface area contributed by atoms with Crippen LogP contribution in [0.5, 0.6) is 5.75 Å². The summed E-state index contributed by atoms with van der Waals surface area (Å²) in [6.45, 7) is 0. The first-order valence-electron chi connectivity index (χ1n) is 5.63. The Bertz CT molecular complexity index is 390. The Morgan fingerprint density at radius 3 is 2.00 bits per heavy atom. The molecule has 0 aromatic carbocycles. The molecule has 0 unspecified atom stereocenters.